The Kier molecular flexibility index (Phi) is 10.3. The van der Waals surface area contributed by atoms with Crippen molar-refractivity contribution in [2.75, 3.05) is 13.7 Å². The van der Waals surface area contributed by atoms with Crippen molar-refractivity contribution in [3.05, 3.63) is 48.1 Å². The quantitative estimate of drug-likeness (QED) is 0.244. The minimum Gasteiger partial charge on any atom is -0.494 e. The third kappa shape index (κ3) is 9.56. The van der Waals surface area contributed by atoms with Crippen LogP contribution in [0.4, 0.5) is 0 Å². The summed E-state index contributed by atoms with van der Waals surface area (Å²) < 4.78 is 10.3. The molecule has 0 aliphatic heterocycles. The Balaban J connectivity index is 2.24. The highest BCUT2D eigenvalue weighted by Gasteiger charge is 1.95. The second-order valence-corrected chi connectivity index (χ2v) is 5.43. The summed E-state index contributed by atoms with van der Waals surface area (Å²) in [6.07, 6.45) is 14.4. The van der Waals surface area contributed by atoms with Crippen molar-refractivity contribution in [1.29, 1.82) is 0 Å². The van der Waals surface area contributed by atoms with E-state index in [0.717, 1.165) is 24.3 Å². The van der Waals surface area contributed by atoms with E-state index in [4.69, 9.17) is 4.74 Å². The summed E-state index contributed by atoms with van der Waals surface area (Å²) in [5, 5.41) is 0. The van der Waals surface area contributed by atoms with E-state index < -0.39 is 0 Å². The number of hydrogen-bond donors (Lipinski definition) is 0. The Bertz CT molecular complexity index is 486. The van der Waals surface area contributed by atoms with Gasteiger partial charge in [0.25, 0.3) is 0 Å². The average molecular weight is 316 g/mol. The van der Waals surface area contributed by atoms with E-state index in [2.05, 4.69) is 11.7 Å². The molecule has 0 heterocycles. The van der Waals surface area contributed by atoms with E-state index in [9.17, 15) is 4.79 Å². The van der Waals surface area contributed by atoms with Crippen LogP contribution in [0, 0.1) is 0 Å². The largest absolute Gasteiger partial charge is 0.494 e. The number of unbranched alkanes of at least 4 members (excludes halogenated alkanes) is 5. The Morgan fingerprint density at radius 3 is 2.39 bits per heavy atom. The highest BCUT2D eigenvalue weighted by molar-refractivity contribution is 5.82. The number of carbonyl (C=O) groups is 1. The monoisotopic (exact) mass is 316 g/mol. The molecule has 0 atom stereocenters. The van der Waals surface area contributed by atoms with Gasteiger partial charge in [0.1, 0.15) is 5.75 Å². The molecule has 0 unspecified atom stereocenters. The van der Waals surface area contributed by atoms with Crippen molar-refractivity contribution in [3.8, 4) is 5.75 Å². The zero-order valence-electron chi connectivity index (χ0n) is 14.3. The molecule has 0 amide bonds. The SMILES string of the molecule is CCCCCCCCOc1ccc(C=CC=CC(=O)OC)cc1. The number of carbonyl (C=O) groups excluding carboxylic acids is 1. The molecule has 126 valence electrons. The van der Waals surface area contributed by atoms with E-state index in [1.807, 2.05) is 36.4 Å². The van der Waals surface area contributed by atoms with E-state index in [1.54, 1.807) is 6.08 Å². The minimum atomic E-state index is -0.354. The number of ether oxygens (including phenoxy) is 2. The summed E-state index contributed by atoms with van der Waals surface area (Å²) in [7, 11) is 1.36. The topological polar surface area (TPSA) is 35.5 Å². The standard InChI is InChI=1S/C20H28O3/c1-3-4-5-6-7-10-17-23-19-15-13-18(14-16-19)11-8-9-12-20(21)22-2/h8-9,11-16H,3-7,10,17H2,1-2H3. The Morgan fingerprint density at radius 1 is 1.00 bits per heavy atom. The van der Waals surface area contributed by atoms with E-state index in [0.29, 0.717) is 0 Å². The van der Waals surface area contributed by atoms with E-state index in [1.165, 1.54) is 45.3 Å². The number of methoxy groups -OCH3 is 1. The number of hydrogen-bond acceptors (Lipinski definition) is 3. The predicted octanol–water partition coefficient (Wildman–Crippen LogP) is 5.17. The maximum Gasteiger partial charge on any atom is 0.330 e. The molecule has 1 rings (SSSR count). The van der Waals surface area contributed by atoms with Gasteiger partial charge in [-0.25, -0.2) is 4.79 Å². The molecule has 0 aromatic heterocycles. The zero-order chi connectivity index (χ0) is 16.8. The molecule has 3 nitrogen and oxygen atoms in total. The fourth-order valence-electron chi connectivity index (χ4n) is 2.12. The first-order valence-electron chi connectivity index (χ1n) is 8.42. The van der Waals surface area contributed by atoms with Gasteiger partial charge in [-0.1, -0.05) is 69.4 Å². The predicted molar refractivity (Wildman–Crippen MR) is 95.5 cm³/mol. The first-order chi connectivity index (χ1) is 11.3. The van der Waals surface area contributed by atoms with Gasteiger partial charge in [0.15, 0.2) is 0 Å². The average Bonchev–Trinajstić information content (AvgIpc) is 2.59. The summed E-state index contributed by atoms with van der Waals surface area (Å²) in [5.41, 5.74) is 1.06. The summed E-state index contributed by atoms with van der Waals surface area (Å²) in [6, 6.07) is 7.94. The molecule has 1 aromatic rings. The fourth-order valence-corrected chi connectivity index (χ4v) is 2.12. The normalized spacial score (nSPS) is 11.2. The van der Waals surface area contributed by atoms with Gasteiger partial charge >= 0.3 is 5.97 Å². The fraction of sp³-hybridized carbons (Fsp3) is 0.450. The molecule has 23 heavy (non-hydrogen) atoms. The molecule has 0 aliphatic rings. The Hall–Kier alpha value is -2.03. The molecule has 0 saturated heterocycles. The molecule has 0 aliphatic carbocycles. The van der Waals surface area contributed by atoms with Crippen molar-refractivity contribution < 1.29 is 14.3 Å². The summed E-state index contributed by atoms with van der Waals surface area (Å²) in [4.78, 5) is 10.9. The molecule has 0 N–H and O–H groups in total. The zero-order valence-corrected chi connectivity index (χ0v) is 14.3. The first kappa shape index (κ1) is 19.0. The van der Waals surface area contributed by atoms with Gasteiger partial charge in [0.05, 0.1) is 13.7 Å². The van der Waals surface area contributed by atoms with Gasteiger partial charge in [0, 0.05) is 6.08 Å². The molecule has 0 saturated carbocycles. The highest BCUT2D eigenvalue weighted by Crippen LogP contribution is 2.14. The van der Waals surface area contributed by atoms with E-state index >= 15 is 0 Å². The maximum absolute atomic E-state index is 10.9. The highest BCUT2D eigenvalue weighted by atomic mass is 16.5. The second-order valence-electron chi connectivity index (χ2n) is 5.43. The smallest absolute Gasteiger partial charge is 0.330 e. The van der Waals surface area contributed by atoms with Crippen LogP contribution in [0.25, 0.3) is 6.08 Å². The van der Waals surface area contributed by atoms with E-state index in [-0.39, 0.29) is 5.97 Å². The van der Waals surface area contributed by atoms with Crippen LogP contribution in [0.2, 0.25) is 0 Å². The van der Waals surface area contributed by atoms with Crippen molar-refractivity contribution >= 4 is 12.0 Å². The molecule has 0 bridgehead atoms. The van der Waals surface area contributed by atoms with Gasteiger partial charge < -0.3 is 9.47 Å². The van der Waals surface area contributed by atoms with Crippen LogP contribution in [0.5, 0.6) is 5.75 Å². The third-order valence-electron chi connectivity index (χ3n) is 3.48. The lowest BCUT2D eigenvalue weighted by atomic mass is 10.1. The molecular formula is C20H28O3. The number of allylic oxidation sites excluding steroid dienone is 2. The van der Waals surface area contributed by atoms with Crippen LogP contribution >= 0.6 is 0 Å². The number of esters is 1. The summed E-state index contributed by atoms with van der Waals surface area (Å²) in [6.45, 7) is 3.01. The van der Waals surface area contributed by atoms with Gasteiger partial charge in [-0.3, -0.25) is 0 Å². The summed E-state index contributed by atoms with van der Waals surface area (Å²) in [5.74, 6) is 0.550. The first-order valence-corrected chi connectivity index (χ1v) is 8.42. The van der Waals surface area contributed by atoms with Crippen LogP contribution in [0.15, 0.2) is 42.5 Å². The third-order valence-corrected chi connectivity index (χ3v) is 3.48. The van der Waals surface area contributed by atoms with Crippen molar-refractivity contribution in [2.24, 2.45) is 0 Å². The van der Waals surface area contributed by atoms with Crippen molar-refractivity contribution in [2.45, 2.75) is 45.4 Å². The Morgan fingerprint density at radius 2 is 1.70 bits per heavy atom. The van der Waals surface area contributed by atoms with Crippen LogP contribution in [-0.2, 0) is 9.53 Å². The lowest BCUT2D eigenvalue weighted by Crippen LogP contribution is -1.97. The molecule has 0 fully saturated rings. The molecule has 3 heteroatoms. The van der Waals surface area contributed by atoms with Crippen LogP contribution < -0.4 is 4.74 Å². The number of rotatable bonds is 11. The van der Waals surface area contributed by atoms with Crippen LogP contribution in [-0.4, -0.2) is 19.7 Å². The molecule has 1 aromatic carbocycles. The van der Waals surface area contributed by atoms with Gasteiger partial charge in [-0.2, -0.15) is 0 Å². The minimum absolute atomic E-state index is 0.354. The lowest BCUT2D eigenvalue weighted by Gasteiger charge is -2.06. The molecule has 0 spiro atoms. The van der Waals surface area contributed by atoms with Crippen molar-refractivity contribution in [1.82, 2.24) is 0 Å². The molecule has 0 radical (unpaired) electrons. The second kappa shape index (κ2) is 12.5. The van der Waals surface area contributed by atoms with Gasteiger partial charge in [-0.05, 0) is 24.1 Å². The number of benzene rings is 1. The summed E-state index contributed by atoms with van der Waals surface area (Å²) >= 11 is 0. The lowest BCUT2D eigenvalue weighted by molar-refractivity contribution is -0.134. The Labute approximate surface area is 140 Å². The van der Waals surface area contributed by atoms with Crippen LogP contribution in [0.3, 0.4) is 0 Å². The molecular weight excluding hydrogens is 288 g/mol. The van der Waals surface area contributed by atoms with Gasteiger partial charge in [0.2, 0.25) is 0 Å². The van der Waals surface area contributed by atoms with Crippen molar-refractivity contribution in [3.63, 3.8) is 0 Å². The van der Waals surface area contributed by atoms with Crippen LogP contribution in [0.1, 0.15) is 51.0 Å². The van der Waals surface area contributed by atoms with Gasteiger partial charge in [-0.15, -0.1) is 0 Å². The maximum atomic E-state index is 10.9.